The zero-order chi connectivity index (χ0) is 13.3. The fourth-order valence-corrected chi connectivity index (χ4v) is 3.00. The van der Waals surface area contributed by atoms with Crippen molar-refractivity contribution in [2.45, 2.75) is 36.2 Å². The van der Waals surface area contributed by atoms with Crippen molar-refractivity contribution in [3.8, 4) is 0 Å². The third-order valence-corrected chi connectivity index (χ3v) is 3.88. The maximum atomic E-state index is 12.6. The Morgan fingerprint density at radius 3 is 2.83 bits per heavy atom. The van der Waals surface area contributed by atoms with Gasteiger partial charge in [0.2, 0.25) is 0 Å². The van der Waals surface area contributed by atoms with E-state index < -0.39 is 36.2 Å². The molecule has 0 radical (unpaired) electrons. The normalized spacial score (nSPS) is 41.8. The minimum absolute atomic E-state index is 0.381. The molecule has 2 fully saturated rings. The van der Waals surface area contributed by atoms with E-state index in [0.717, 1.165) is 11.8 Å². The number of nitrogens with zero attached hydrogens (tertiary/aromatic N) is 1. The zero-order valence-corrected chi connectivity index (χ0v) is 10.2. The van der Waals surface area contributed by atoms with Gasteiger partial charge in [-0.25, -0.2) is 8.78 Å². The minimum atomic E-state index is -2.84. The maximum absolute atomic E-state index is 12.6. The number of halogens is 2. The van der Waals surface area contributed by atoms with Crippen molar-refractivity contribution < 1.29 is 23.7 Å². The summed E-state index contributed by atoms with van der Waals surface area (Å²) in [6.45, 7) is 3.89. The molecule has 0 bridgehead atoms. The summed E-state index contributed by atoms with van der Waals surface area (Å²) in [5.74, 6) is 0. The Morgan fingerprint density at radius 2 is 2.22 bits per heavy atom. The summed E-state index contributed by atoms with van der Waals surface area (Å²) in [7, 11) is 0. The molecule has 2 aliphatic heterocycles. The Morgan fingerprint density at radius 1 is 1.50 bits per heavy atom. The van der Waals surface area contributed by atoms with E-state index in [9.17, 15) is 19.0 Å². The van der Waals surface area contributed by atoms with Crippen LogP contribution >= 0.6 is 11.8 Å². The first kappa shape index (κ1) is 13.7. The average molecular weight is 280 g/mol. The largest absolute Gasteiger partial charge is 0.388 e. The first-order chi connectivity index (χ1) is 8.54. The Kier molecular flexibility index (Phi) is 4.21. The van der Waals surface area contributed by atoms with Crippen molar-refractivity contribution in [2.24, 2.45) is 4.99 Å². The first-order valence-corrected chi connectivity index (χ1v) is 6.31. The number of hydrogen-bond acceptors (Lipinski definition) is 5. The van der Waals surface area contributed by atoms with Gasteiger partial charge in [0.25, 0.3) is 6.43 Å². The molecular weight excluding hydrogens is 266 g/mol. The lowest BCUT2D eigenvalue weighted by molar-refractivity contribution is -0.195. The van der Waals surface area contributed by atoms with Crippen LogP contribution in [0.4, 0.5) is 8.78 Å². The number of alkyl halides is 2. The van der Waals surface area contributed by atoms with Gasteiger partial charge < -0.3 is 20.3 Å². The molecule has 5 nitrogen and oxygen atoms in total. The molecule has 8 heteroatoms. The molecule has 102 valence electrons. The summed E-state index contributed by atoms with van der Waals surface area (Å²) in [6, 6.07) is -0.636. The third-order valence-electron chi connectivity index (χ3n) is 2.77. The van der Waals surface area contributed by atoms with Crippen LogP contribution in [0, 0.1) is 0 Å². The number of aliphatic imine (C=N–C) groups is 1. The lowest BCUT2D eigenvalue weighted by Gasteiger charge is -2.38. The van der Waals surface area contributed by atoms with Crippen molar-refractivity contribution in [2.75, 3.05) is 6.54 Å². The lowest BCUT2D eigenvalue weighted by atomic mass is 9.98. The Hall–Kier alpha value is -0.700. The number of fused-ring (bicyclic) bond motifs is 1. The number of hydrogen-bond donors (Lipinski definition) is 3. The monoisotopic (exact) mass is 280 g/mol. The number of aliphatic hydroxyl groups excluding tert-OH is 2. The van der Waals surface area contributed by atoms with Crippen LogP contribution < -0.4 is 5.32 Å². The van der Waals surface area contributed by atoms with E-state index in [1.165, 1.54) is 0 Å². The number of thioether (sulfide) groups is 1. The third kappa shape index (κ3) is 2.51. The molecule has 0 aromatic heterocycles. The van der Waals surface area contributed by atoms with Gasteiger partial charge in [0.05, 0.1) is 12.6 Å². The van der Waals surface area contributed by atoms with Gasteiger partial charge in [-0.3, -0.25) is 4.99 Å². The topological polar surface area (TPSA) is 74.1 Å². The first-order valence-electron chi connectivity index (χ1n) is 5.43. The van der Waals surface area contributed by atoms with Gasteiger partial charge in [-0.2, -0.15) is 0 Å². The van der Waals surface area contributed by atoms with Crippen molar-refractivity contribution in [1.82, 2.24) is 5.32 Å². The number of rotatable bonds is 3. The fourth-order valence-electron chi connectivity index (χ4n) is 1.87. The van der Waals surface area contributed by atoms with Crippen LogP contribution in [0.5, 0.6) is 0 Å². The highest BCUT2D eigenvalue weighted by Gasteiger charge is 2.51. The van der Waals surface area contributed by atoms with E-state index in [0.29, 0.717) is 11.7 Å². The summed E-state index contributed by atoms with van der Waals surface area (Å²) in [5, 5.41) is 22.7. The van der Waals surface area contributed by atoms with E-state index in [-0.39, 0.29) is 0 Å². The zero-order valence-electron chi connectivity index (χ0n) is 9.37. The number of aliphatic hydroxyl groups is 2. The van der Waals surface area contributed by atoms with Crippen molar-refractivity contribution in [3.63, 3.8) is 0 Å². The second kappa shape index (κ2) is 5.52. The van der Waals surface area contributed by atoms with E-state index in [4.69, 9.17) is 4.74 Å². The van der Waals surface area contributed by atoms with E-state index in [1.807, 2.05) is 0 Å². The highest BCUT2D eigenvalue weighted by Crippen LogP contribution is 2.35. The van der Waals surface area contributed by atoms with Crippen LogP contribution in [-0.4, -0.2) is 58.1 Å². The maximum Gasteiger partial charge on any atom is 0.267 e. The molecule has 0 aromatic rings. The van der Waals surface area contributed by atoms with Gasteiger partial charge in [0, 0.05) is 0 Å². The molecule has 0 saturated carbocycles. The highest BCUT2D eigenvalue weighted by atomic mass is 32.2. The van der Waals surface area contributed by atoms with Gasteiger partial charge in [0.15, 0.2) is 5.17 Å². The van der Waals surface area contributed by atoms with Crippen LogP contribution in [0.15, 0.2) is 17.6 Å². The summed E-state index contributed by atoms with van der Waals surface area (Å²) in [5.41, 5.74) is -0.675. The summed E-state index contributed by atoms with van der Waals surface area (Å²) in [4.78, 5) is 4.09. The number of amidine groups is 1. The molecule has 0 amide bonds. The predicted octanol–water partition coefficient (Wildman–Crippen LogP) is -0.0548. The smallest absolute Gasteiger partial charge is 0.267 e. The van der Waals surface area contributed by atoms with E-state index in [1.54, 1.807) is 6.08 Å². The quantitative estimate of drug-likeness (QED) is 0.632. The fraction of sp³-hybridized carbons (Fsp3) is 0.700. The number of nitrogens with one attached hydrogen (secondary N) is 1. The van der Waals surface area contributed by atoms with Crippen LogP contribution in [0.1, 0.15) is 0 Å². The Balaban J connectivity index is 2.09. The number of ether oxygens (including phenoxy) is 1. The average Bonchev–Trinajstić information content (AvgIpc) is 2.74. The van der Waals surface area contributed by atoms with Gasteiger partial charge >= 0.3 is 0 Å². The molecule has 0 aromatic carbocycles. The summed E-state index contributed by atoms with van der Waals surface area (Å²) >= 11 is 1.13. The van der Waals surface area contributed by atoms with Crippen LogP contribution in [0.2, 0.25) is 0 Å². The van der Waals surface area contributed by atoms with Gasteiger partial charge in [0.1, 0.15) is 23.7 Å². The van der Waals surface area contributed by atoms with Crippen molar-refractivity contribution in [3.05, 3.63) is 12.7 Å². The minimum Gasteiger partial charge on any atom is -0.388 e. The van der Waals surface area contributed by atoms with E-state index >= 15 is 0 Å². The molecule has 5 atom stereocenters. The second-order valence-electron chi connectivity index (χ2n) is 4.01. The lowest BCUT2D eigenvalue weighted by Crippen LogP contribution is -2.60. The molecule has 2 aliphatic rings. The molecular formula is C10H14F2N2O3S. The molecule has 2 saturated heterocycles. The highest BCUT2D eigenvalue weighted by molar-refractivity contribution is 8.14. The van der Waals surface area contributed by atoms with Crippen LogP contribution in [0.3, 0.4) is 0 Å². The van der Waals surface area contributed by atoms with Crippen LogP contribution in [0.25, 0.3) is 0 Å². The SMILES string of the molecule is C=CCN=C1N[C@@H]2[C@@H](O)[C@H](O)C(C(F)F)O[C@@H]2S1. The second-order valence-corrected chi connectivity index (χ2v) is 5.09. The van der Waals surface area contributed by atoms with E-state index in [2.05, 4.69) is 16.9 Å². The van der Waals surface area contributed by atoms with Gasteiger partial charge in [-0.1, -0.05) is 17.8 Å². The van der Waals surface area contributed by atoms with Crippen molar-refractivity contribution in [1.29, 1.82) is 0 Å². The molecule has 0 aliphatic carbocycles. The Labute approximate surface area is 107 Å². The molecule has 1 unspecified atom stereocenters. The van der Waals surface area contributed by atoms with Gasteiger partial charge in [-0.15, -0.1) is 6.58 Å². The molecule has 0 spiro atoms. The molecule has 3 N–H and O–H groups in total. The predicted molar refractivity (Wildman–Crippen MR) is 63.7 cm³/mol. The molecule has 2 rings (SSSR count). The summed E-state index contributed by atoms with van der Waals surface area (Å²) in [6.07, 6.45) is -5.85. The van der Waals surface area contributed by atoms with Crippen LogP contribution in [-0.2, 0) is 4.74 Å². The van der Waals surface area contributed by atoms with Crippen molar-refractivity contribution >= 4 is 16.9 Å². The Bertz CT molecular complexity index is 356. The molecule has 18 heavy (non-hydrogen) atoms. The summed E-state index contributed by atoms with van der Waals surface area (Å²) < 4.78 is 30.4. The standard InChI is InChI=1S/C10H14F2N2O3S/c1-2-3-13-10-14-4-5(15)6(16)7(8(11)12)17-9(4)18-10/h2,4-9,15-16H,1,3H2,(H,13,14)/t4-,5-,6+,7?,9-/m1/s1. The molecule has 2 heterocycles. The van der Waals surface area contributed by atoms with Gasteiger partial charge in [-0.05, 0) is 0 Å².